The monoisotopic (exact) mass is 509 g/mol. The minimum absolute atomic E-state index is 0.0204. The van der Waals surface area contributed by atoms with E-state index in [-0.39, 0.29) is 18.2 Å². The molecule has 0 aliphatic rings. The van der Waals surface area contributed by atoms with E-state index in [0.29, 0.717) is 28.7 Å². The fraction of sp³-hybridized carbons (Fsp3) is 0.333. The molecule has 0 aliphatic heterocycles. The summed E-state index contributed by atoms with van der Waals surface area (Å²) >= 11 is 0. The van der Waals surface area contributed by atoms with Gasteiger partial charge in [-0.05, 0) is 72.4 Å². The second-order valence-corrected chi connectivity index (χ2v) is 8.76. The molecule has 0 N–H and O–H groups in total. The van der Waals surface area contributed by atoms with E-state index < -0.39 is 35.5 Å². The van der Waals surface area contributed by atoms with Crippen LogP contribution >= 0.6 is 0 Å². The minimum Gasteiger partial charge on any atom is -0.466 e. The van der Waals surface area contributed by atoms with Crippen molar-refractivity contribution >= 4 is 5.97 Å². The van der Waals surface area contributed by atoms with Gasteiger partial charge in [0.2, 0.25) is 0 Å². The highest BCUT2D eigenvalue weighted by Crippen LogP contribution is 2.36. The topological polar surface area (TPSA) is 39.2 Å². The molecule has 36 heavy (non-hydrogen) atoms. The lowest BCUT2D eigenvalue weighted by molar-refractivity contribution is -0.145. The van der Waals surface area contributed by atoms with Gasteiger partial charge < -0.3 is 4.74 Å². The van der Waals surface area contributed by atoms with E-state index in [4.69, 9.17) is 4.74 Å². The number of pyridine rings is 1. The van der Waals surface area contributed by atoms with E-state index in [0.717, 1.165) is 18.2 Å². The molecule has 9 heteroatoms. The van der Waals surface area contributed by atoms with Crippen LogP contribution in [0.15, 0.2) is 60.7 Å². The molecule has 1 unspecified atom stereocenters. The SMILES string of the molecule is CCOC(=O)C(CC(C)C)c1cc(-c2ccc(C(F)(F)F)cc2)cc(-c2cccc(C(F)(F)F)n2)c1. The van der Waals surface area contributed by atoms with Crippen LogP contribution in [0.25, 0.3) is 22.4 Å². The first-order valence-corrected chi connectivity index (χ1v) is 11.3. The number of rotatable bonds is 7. The summed E-state index contributed by atoms with van der Waals surface area (Å²) in [4.78, 5) is 16.6. The Morgan fingerprint density at radius 1 is 0.861 bits per heavy atom. The number of halogens is 6. The van der Waals surface area contributed by atoms with Gasteiger partial charge in [-0.2, -0.15) is 26.3 Å². The van der Waals surface area contributed by atoms with Crippen molar-refractivity contribution in [3.05, 3.63) is 77.5 Å². The van der Waals surface area contributed by atoms with E-state index in [1.165, 1.54) is 24.3 Å². The third-order valence-electron chi connectivity index (χ3n) is 5.52. The van der Waals surface area contributed by atoms with E-state index in [1.54, 1.807) is 25.1 Å². The van der Waals surface area contributed by atoms with Gasteiger partial charge >= 0.3 is 18.3 Å². The number of hydrogen-bond acceptors (Lipinski definition) is 3. The van der Waals surface area contributed by atoms with Gasteiger partial charge in [0.15, 0.2) is 0 Å². The van der Waals surface area contributed by atoms with Crippen LogP contribution in [0.4, 0.5) is 26.3 Å². The molecule has 1 heterocycles. The maximum absolute atomic E-state index is 13.3. The minimum atomic E-state index is -4.66. The van der Waals surface area contributed by atoms with Gasteiger partial charge in [0, 0.05) is 5.56 Å². The van der Waals surface area contributed by atoms with Gasteiger partial charge in [0.1, 0.15) is 5.69 Å². The van der Waals surface area contributed by atoms with Crippen molar-refractivity contribution < 1.29 is 35.9 Å². The average Bonchev–Trinajstić information content (AvgIpc) is 2.81. The number of ether oxygens (including phenoxy) is 1. The quantitative estimate of drug-likeness (QED) is 0.238. The molecule has 1 atom stereocenters. The second-order valence-electron chi connectivity index (χ2n) is 8.76. The van der Waals surface area contributed by atoms with Crippen LogP contribution in [-0.2, 0) is 21.9 Å². The van der Waals surface area contributed by atoms with Gasteiger partial charge in [0.25, 0.3) is 0 Å². The van der Waals surface area contributed by atoms with Crippen molar-refractivity contribution in [1.82, 2.24) is 4.98 Å². The van der Waals surface area contributed by atoms with Crippen LogP contribution in [0.3, 0.4) is 0 Å². The zero-order valence-corrected chi connectivity index (χ0v) is 19.9. The Balaban J connectivity index is 2.20. The maximum atomic E-state index is 13.3. The molecule has 192 valence electrons. The van der Waals surface area contributed by atoms with Gasteiger partial charge in [-0.3, -0.25) is 4.79 Å². The summed E-state index contributed by atoms with van der Waals surface area (Å²) in [6.07, 6.45) is -8.76. The third-order valence-corrected chi connectivity index (χ3v) is 5.52. The molecule has 3 aromatic rings. The molecular weight excluding hydrogens is 484 g/mol. The Morgan fingerprint density at radius 3 is 2.06 bits per heavy atom. The summed E-state index contributed by atoms with van der Waals surface area (Å²) in [5.41, 5.74) is -0.261. The van der Waals surface area contributed by atoms with E-state index in [2.05, 4.69) is 4.98 Å². The molecule has 0 bridgehead atoms. The lowest BCUT2D eigenvalue weighted by atomic mass is 9.86. The highest BCUT2D eigenvalue weighted by molar-refractivity contribution is 5.81. The summed E-state index contributed by atoms with van der Waals surface area (Å²) in [7, 11) is 0. The number of nitrogens with zero attached hydrogens (tertiary/aromatic N) is 1. The number of benzene rings is 2. The van der Waals surface area contributed by atoms with Crippen LogP contribution in [0.5, 0.6) is 0 Å². The molecule has 3 rings (SSSR count). The third kappa shape index (κ3) is 6.65. The van der Waals surface area contributed by atoms with Crippen LogP contribution in [0.1, 0.15) is 49.9 Å². The first kappa shape index (κ1) is 27.2. The Kier molecular flexibility index (Phi) is 8.11. The van der Waals surface area contributed by atoms with Crippen LogP contribution < -0.4 is 0 Å². The van der Waals surface area contributed by atoms with Gasteiger partial charge in [-0.1, -0.05) is 38.1 Å². The number of aromatic nitrogens is 1. The van der Waals surface area contributed by atoms with Gasteiger partial charge in [-0.25, -0.2) is 4.98 Å². The molecule has 1 aromatic heterocycles. The maximum Gasteiger partial charge on any atom is 0.433 e. The van der Waals surface area contributed by atoms with Crippen molar-refractivity contribution in [3.63, 3.8) is 0 Å². The average molecular weight is 509 g/mol. The molecule has 0 spiro atoms. The van der Waals surface area contributed by atoms with Crippen molar-refractivity contribution in [2.24, 2.45) is 5.92 Å². The van der Waals surface area contributed by atoms with E-state index in [9.17, 15) is 31.1 Å². The molecule has 0 fully saturated rings. The summed E-state index contributed by atoms with van der Waals surface area (Å²) in [5.74, 6) is -1.12. The number of carbonyl (C=O) groups is 1. The lowest BCUT2D eigenvalue weighted by Crippen LogP contribution is -2.18. The van der Waals surface area contributed by atoms with Crippen LogP contribution in [0, 0.1) is 5.92 Å². The predicted molar refractivity (Wildman–Crippen MR) is 124 cm³/mol. The number of esters is 1. The number of carbonyl (C=O) groups excluding carboxylic acids is 1. The molecule has 2 aromatic carbocycles. The predicted octanol–water partition coefficient (Wildman–Crippen LogP) is 8.15. The second kappa shape index (κ2) is 10.7. The van der Waals surface area contributed by atoms with Crippen molar-refractivity contribution in [3.8, 4) is 22.4 Å². The normalized spacial score (nSPS) is 13.1. The Labute approximate surface area is 205 Å². The van der Waals surface area contributed by atoms with Crippen molar-refractivity contribution in [2.45, 2.75) is 45.5 Å². The summed E-state index contributed by atoms with van der Waals surface area (Å²) in [6, 6.07) is 12.7. The molecule has 3 nitrogen and oxygen atoms in total. The summed E-state index contributed by atoms with van der Waals surface area (Å²) in [5, 5.41) is 0. The fourth-order valence-electron chi connectivity index (χ4n) is 3.86. The highest BCUT2D eigenvalue weighted by atomic mass is 19.4. The number of hydrogen-bond donors (Lipinski definition) is 0. The first-order chi connectivity index (χ1) is 16.8. The summed E-state index contributed by atoms with van der Waals surface area (Å²) < 4.78 is 84.2. The Morgan fingerprint density at radius 2 is 1.50 bits per heavy atom. The molecule has 0 saturated heterocycles. The Bertz CT molecular complexity index is 1200. The standard InChI is InChI=1S/C27H25F6NO2/c1-4-36-25(35)22(12-16(2)3)19-13-18(17-8-10-21(11-9-17)26(28,29)30)14-20(15-19)23-6-5-7-24(34-23)27(31,32)33/h5-11,13-16,22H,4,12H2,1-3H3. The van der Waals surface area contributed by atoms with E-state index in [1.807, 2.05) is 13.8 Å². The smallest absolute Gasteiger partial charge is 0.433 e. The van der Waals surface area contributed by atoms with E-state index >= 15 is 0 Å². The zero-order chi connectivity index (χ0) is 26.7. The largest absolute Gasteiger partial charge is 0.466 e. The first-order valence-electron chi connectivity index (χ1n) is 11.3. The molecule has 0 radical (unpaired) electrons. The number of alkyl halides is 6. The van der Waals surface area contributed by atoms with Crippen LogP contribution in [0.2, 0.25) is 0 Å². The zero-order valence-electron chi connectivity index (χ0n) is 19.9. The molecular formula is C27H25F6NO2. The molecule has 0 saturated carbocycles. The highest BCUT2D eigenvalue weighted by Gasteiger charge is 2.33. The van der Waals surface area contributed by atoms with Gasteiger partial charge in [-0.15, -0.1) is 0 Å². The molecule has 0 amide bonds. The lowest BCUT2D eigenvalue weighted by Gasteiger charge is -2.20. The van der Waals surface area contributed by atoms with Crippen LogP contribution in [-0.4, -0.2) is 17.6 Å². The Hall–Kier alpha value is -3.36. The van der Waals surface area contributed by atoms with Crippen molar-refractivity contribution in [2.75, 3.05) is 6.61 Å². The summed E-state index contributed by atoms with van der Waals surface area (Å²) in [6.45, 7) is 5.65. The van der Waals surface area contributed by atoms with Gasteiger partial charge in [0.05, 0.1) is 23.8 Å². The van der Waals surface area contributed by atoms with Crippen molar-refractivity contribution in [1.29, 1.82) is 0 Å². The fourth-order valence-corrected chi connectivity index (χ4v) is 3.86. The molecule has 0 aliphatic carbocycles.